The van der Waals surface area contributed by atoms with Gasteiger partial charge < -0.3 is 10.5 Å². The van der Waals surface area contributed by atoms with Crippen molar-refractivity contribution in [2.24, 2.45) is 5.73 Å². The first-order valence-electron chi connectivity index (χ1n) is 6.25. The first-order chi connectivity index (χ1) is 9.47. The van der Waals surface area contributed by atoms with Gasteiger partial charge in [0.25, 0.3) is 0 Å². The maximum Gasteiger partial charge on any atom is 0.129 e. The Bertz CT molecular complexity index is 655. The molecule has 0 spiro atoms. The van der Waals surface area contributed by atoms with Crippen LogP contribution in [0.1, 0.15) is 22.3 Å². The van der Waals surface area contributed by atoms with Gasteiger partial charge in [-0.3, -0.25) is 0 Å². The molecule has 0 aliphatic carbocycles. The molecule has 2 rings (SSSR count). The molecule has 0 fully saturated rings. The summed E-state index contributed by atoms with van der Waals surface area (Å²) >= 11 is 4.89. The van der Waals surface area contributed by atoms with Crippen molar-refractivity contribution in [3.8, 4) is 5.75 Å². The number of hydrogen-bond acceptors (Lipinski definition) is 2. The van der Waals surface area contributed by atoms with Crippen LogP contribution in [0.5, 0.6) is 5.75 Å². The highest BCUT2D eigenvalue weighted by atomic mass is 32.1. The Morgan fingerprint density at radius 2 is 1.90 bits per heavy atom. The number of thiocarbonyl (C=S) groups is 1. The zero-order chi connectivity index (χ0) is 14.7. The maximum atomic E-state index is 13.7. The van der Waals surface area contributed by atoms with Crippen LogP contribution in [0.25, 0.3) is 0 Å². The third kappa shape index (κ3) is 3.33. The van der Waals surface area contributed by atoms with Gasteiger partial charge in [-0.25, -0.2) is 4.39 Å². The molecule has 0 saturated heterocycles. The second kappa shape index (κ2) is 6.01. The molecule has 0 atom stereocenters. The lowest BCUT2D eigenvalue weighted by molar-refractivity contribution is 0.299. The van der Waals surface area contributed by atoms with Gasteiger partial charge in [0.1, 0.15) is 23.2 Å². The molecule has 2 aromatic rings. The van der Waals surface area contributed by atoms with E-state index in [0.29, 0.717) is 16.9 Å². The highest BCUT2D eigenvalue weighted by molar-refractivity contribution is 7.80. The summed E-state index contributed by atoms with van der Waals surface area (Å²) in [7, 11) is 0. The first-order valence-corrected chi connectivity index (χ1v) is 6.66. The minimum Gasteiger partial charge on any atom is -0.489 e. The monoisotopic (exact) mass is 289 g/mol. The number of aryl methyl sites for hydroxylation is 2. The predicted molar refractivity (Wildman–Crippen MR) is 82.5 cm³/mol. The Hall–Kier alpha value is -1.94. The van der Waals surface area contributed by atoms with E-state index in [-0.39, 0.29) is 17.4 Å². The molecular formula is C16H16FNOS. The van der Waals surface area contributed by atoms with Crippen LogP contribution in [-0.4, -0.2) is 4.99 Å². The Morgan fingerprint density at radius 1 is 1.15 bits per heavy atom. The van der Waals surface area contributed by atoms with Gasteiger partial charge in [-0.05, 0) is 55.3 Å². The van der Waals surface area contributed by atoms with Gasteiger partial charge in [0.05, 0.1) is 0 Å². The van der Waals surface area contributed by atoms with Gasteiger partial charge in [0, 0.05) is 11.1 Å². The lowest BCUT2D eigenvalue weighted by Gasteiger charge is -2.10. The van der Waals surface area contributed by atoms with Crippen molar-refractivity contribution in [2.75, 3.05) is 0 Å². The Balaban J connectivity index is 2.15. The molecular weight excluding hydrogens is 273 g/mol. The van der Waals surface area contributed by atoms with Crippen LogP contribution >= 0.6 is 12.2 Å². The number of benzene rings is 2. The fourth-order valence-corrected chi connectivity index (χ4v) is 1.93. The highest BCUT2D eigenvalue weighted by Gasteiger charge is 2.07. The van der Waals surface area contributed by atoms with Crippen LogP contribution in [0.2, 0.25) is 0 Å². The molecule has 0 aliphatic rings. The molecule has 0 aliphatic heterocycles. The average Bonchev–Trinajstić information content (AvgIpc) is 2.41. The minimum atomic E-state index is -0.325. The molecule has 2 nitrogen and oxygen atoms in total. The largest absolute Gasteiger partial charge is 0.489 e. The predicted octanol–water partition coefficient (Wildman–Crippen LogP) is 3.66. The smallest absolute Gasteiger partial charge is 0.129 e. The van der Waals surface area contributed by atoms with Crippen LogP contribution < -0.4 is 10.5 Å². The summed E-state index contributed by atoms with van der Waals surface area (Å²) in [5, 5.41) is 0. The van der Waals surface area contributed by atoms with E-state index < -0.39 is 0 Å². The standard InChI is InChI=1S/C16H16FNOS/c1-10-3-5-14(7-11(10)2)19-9-13-8-12(16(18)20)4-6-15(13)17/h3-8H,9H2,1-2H3,(H2,18,20). The summed E-state index contributed by atoms with van der Waals surface area (Å²) in [4.78, 5) is 0.248. The number of rotatable bonds is 4. The molecule has 0 saturated carbocycles. The summed E-state index contributed by atoms with van der Waals surface area (Å²) in [5.41, 5.74) is 8.95. The molecule has 0 unspecified atom stereocenters. The van der Waals surface area contributed by atoms with E-state index in [2.05, 4.69) is 0 Å². The van der Waals surface area contributed by atoms with E-state index in [1.807, 2.05) is 32.0 Å². The van der Waals surface area contributed by atoms with E-state index in [4.69, 9.17) is 22.7 Å². The van der Waals surface area contributed by atoms with E-state index in [1.165, 1.54) is 11.6 Å². The van der Waals surface area contributed by atoms with Crippen LogP contribution in [-0.2, 0) is 6.61 Å². The topological polar surface area (TPSA) is 35.2 Å². The van der Waals surface area contributed by atoms with Crippen LogP contribution in [0.3, 0.4) is 0 Å². The van der Waals surface area contributed by atoms with E-state index >= 15 is 0 Å². The van der Waals surface area contributed by atoms with Gasteiger partial charge in [0.2, 0.25) is 0 Å². The third-order valence-corrected chi connectivity index (χ3v) is 3.44. The Kier molecular flexibility index (Phi) is 4.35. The summed E-state index contributed by atoms with van der Waals surface area (Å²) in [5.74, 6) is 0.391. The molecule has 2 aromatic carbocycles. The second-order valence-electron chi connectivity index (χ2n) is 4.71. The molecule has 4 heteroatoms. The number of ether oxygens (including phenoxy) is 1. The van der Waals surface area contributed by atoms with Crippen molar-refractivity contribution < 1.29 is 9.13 Å². The Morgan fingerprint density at radius 3 is 2.55 bits per heavy atom. The van der Waals surface area contributed by atoms with Gasteiger partial charge in [-0.15, -0.1) is 0 Å². The third-order valence-electron chi connectivity index (χ3n) is 3.20. The van der Waals surface area contributed by atoms with Crippen LogP contribution in [0.15, 0.2) is 36.4 Å². The Labute approximate surface area is 123 Å². The number of hydrogen-bond donors (Lipinski definition) is 1. The van der Waals surface area contributed by atoms with Crippen molar-refractivity contribution in [3.63, 3.8) is 0 Å². The zero-order valence-electron chi connectivity index (χ0n) is 11.4. The summed E-state index contributed by atoms with van der Waals surface area (Å²) < 4.78 is 19.3. The lowest BCUT2D eigenvalue weighted by atomic mass is 10.1. The van der Waals surface area contributed by atoms with E-state index in [1.54, 1.807) is 12.1 Å². The minimum absolute atomic E-state index is 0.144. The molecule has 0 radical (unpaired) electrons. The average molecular weight is 289 g/mol. The van der Waals surface area contributed by atoms with Crippen molar-refractivity contribution >= 4 is 17.2 Å². The van der Waals surface area contributed by atoms with Crippen LogP contribution in [0, 0.1) is 19.7 Å². The van der Waals surface area contributed by atoms with Gasteiger partial charge >= 0.3 is 0 Å². The molecule has 0 amide bonds. The second-order valence-corrected chi connectivity index (χ2v) is 5.15. The van der Waals surface area contributed by atoms with Crippen molar-refractivity contribution in [1.29, 1.82) is 0 Å². The van der Waals surface area contributed by atoms with Crippen molar-refractivity contribution in [3.05, 3.63) is 64.5 Å². The molecule has 0 bridgehead atoms. The van der Waals surface area contributed by atoms with Crippen molar-refractivity contribution in [2.45, 2.75) is 20.5 Å². The number of nitrogens with two attached hydrogens (primary N) is 1. The van der Waals surface area contributed by atoms with Crippen LogP contribution in [0.4, 0.5) is 4.39 Å². The van der Waals surface area contributed by atoms with Gasteiger partial charge in [-0.1, -0.05) is 18.3 Å². The summed E-state index contributed by atoms with van der Waals surface area (Å²) in [6.07, 6.45) is 0. The van der Waals surface area contributed by atoms with Crippen molar-refractivity contribution in [1.82, 2.24) is 0 Å². The lowest BCUT2D eigenvalue weighted by Crippen LogP contribution is -2.10. The highest BCUT2D eigenvalue weighted by Crippen LogP contribution is 2.19. The fourth-order valence-electron chi connectivity index (χ4n) is 1.80. The van der Waals surface area contributed by atoms with Gasteiger partial charge in [-0.2, -0.15) is 0 Å². The first kappa shape index (κ1) is 14.5. The summed E-state index contributed by atoms with van der Waals surface area (Å²) in [6.45, 7) is 4.19. The van der Waals surface area contributed by atoms with E-state index in [9.17, 15) is 4.39 Å². The number of halogens is 1. The normalized spacial score (nSPS) is 10.3. The zero-order valence-corrected chi connectivity index (χ0v) is 12.3. The maximum absolute atomic E-state index is 13.7. The molecule has 0 heterocycles. The summed E-state index contributed by atoms with van der Waals surface area (Å²) in [6, 6.07) is 10.3. The van der Waals surface area contributed by atoms with Gasteiger partial charge in [0.15, 0.2) is 0 Å². The molecule has 104 valence electrons. The fraction of sp³-hybridized carbons (Fsp3) is 0.188. The molecule has 0 aromatic heterocycles. The quantitative estimate of drug-likeness (QED) is 0.873. The molecule has 20 heavy (non-hydrogen) atoms. The van der Waals surface area contributed by atoms with E-state index in [0.717, 1.165) is 5.56 Å². The SMILES string of the molecule is Cc1ccc(OCc2cc(C(N)=S)ccc2F)cc1C. The molecule has 2 N–H and O–H groups in total.